The third-order valence-electron chi connectivity index (χ3n) is 4.48. The molecule has 0 spiro atoms. The molecule has 3 N–H and O–H groups in total. The highest BCUT2D eigenvalue weighted by Gasteiger charge is 2.04. The summed E-state index contributed by atoms with van der Waals surface area (Å²) in [5.41, 5.74) is 3.96. The molecule has 0 aliphatic heterocycles. The van der Waals surface area contributed by atoms with E-state index in [-0.39, 0.29) is 0 Å². The first-order chi connectivity index (χ1) is 14.3. The summed E-state index contributed by atoms with van der Waals surface area (Å²) in [5.74, 6) is 2.29. The number of para-hydroxylation sites is 2. The third kappa shape index (κ3) is 3.77. The number of benzene rings is 2. The van der Waals surface area contributed by atoms with Gasteiger partial charge in [-0.2, -0.15) is 0 Å². The summed E-state index contributed by atoms with van der Waals surface area (Å²) in [7, 11) is 0. The van der Waals surface area contributed by atoms with Crippen molar-refractivity contribution in [3.63, 3.8) is 0 Å². The number of rotatable bonds is 6. The summed E-state index contributed by atoms with van der Waals surface area (Å²) in [5, 5.41) is 6.58. The summed E-state index contributed by atoms with van der Waals surface area (Å²) in [6.45, 7) is 0.546. The van der Waals surface area contributed by atoms with E-state index < -0.39 is 0 Å². The van der Waals surface area contributed by atoms with Crippen LogP contribution in [0.25, 0.3) is 16.7 Å². The van der Waals surface area contributed by atoms with Gasteiger partial charge in [-0.1, -0.05) is 12.1 Å². The Hall–Kier alpha value is -4.20. The summed E-state index contributed by atoms with van der Waals surface area (Å²) in [6.07, 6.45) is 6.97. The van der Waals surface area contributed by atoms with Gasteiger partial charge in [-0.3, -0.25) is 0 Å². The average Bonchev–Trinajstić information content (AvgIpc) is 3.43. The molecule has 3 aromatic heterocycles. The lowest BCUT2D eigenvalue weighted by Gasteiger charge is -2.09. The van der Waals surface area contributed by atoms with Gasteiger partial charge in [0.25, 0.3) is 0 Å². The van der Waals surface area contributed by atoms with E-state index in [1.165, 1.54) is 6.33 Å². The normalized spacial score (nSPS) is 10.9. The number of aromatic amines is 1. The van der Waals surface area contributed by atoms with Crippen molar-refractivity contribution >= 4 is 28.4 Å². The minimum atomic E-state index is 0.546. The minimum Gasteiger partial charge on any atom is -0.363 e. The number of nitrogens with one attached hydrogen (secondary N) is 3. The molecule has 0 radical (unpaired) electrons. The zero-order chi connectivity index (χ0) is 19.5. The van der Waals surface area contributed by atoms with Crippen LogP contribution < -0.4 is 10.6 Å². The van der Waals surface area contributed by atoms with Gasteiger partial charge in [0.2, 0.25) is 0 Å². The first-order valence-electron chi connectivity index (χ1n) is 9.18. The van der Waals surface area contributed by atoms with Crippen LogP contribution in [0, 0.1) is 0 Å². The number of hydrogen-bond donors (Lipinski definition) is 3. The number of fused-ring (bicyclic) bond motifs is 1. The predicted octanol–water partition coefficient (Wildman–Crippen LogP) is 3.89. The molecule has 142 valence electrons. The van der Waals surface area contributed by atoms with Crippen molar-refractivity contribution < 1.29 is 0 Å². The quantitative estimate of drug-likeness (QED) is 0.412. The van der Waals surface area contributed by atoms with Crippen molar-refractivity contribution in [2.24, 2.45) is 0 Å². The Morgan fingerprint density at radius 1 is 0.966 bits per heavy atom. The van der Waals surface area contributed by atoms with Crippen molar-refractivity contribution in [1.29, 1.82) is 0 Å². The molecule has 0 fully saturated rings. The predicted molar refractivity (Wildman–Crippen MR) is 112 cm³/mol. The molecule has 5 aromatic rings. The van der Waals surface area contributed by atoms with E-state index in [4.69, 9.17) is 0 Å². The number of anilines is 3. The second-order valence-corrected chi connectivity index (χ2v) is 6.48. The van der Waals surface area contributed by atoms with Crippen molar-refractivity contribution in [3.8, 4) is 5.69 Å². The Morgan fingerprint density at radius 3 is 2.66 bits per heavy atom. The van der Waals surface area contributed by atoms with Crippen LogP contribution in [0.5, 0.6) is 0 Å². The number of H-pyrrole nitrogens is 1. The number of imidazole rings is 2. The smallest absolute Gasteiger partial charge is 0.135 e. The molecule has 8 nitrogen and oxygen atoms in total. The van der Waals surface area contributed by atoms with E-state index in [1.807, 2.05) is 65.4 Å². The first kappa shape index (κ1) is 16.9. The Morgan fingerprint density at radius 2 is 1.83 bits per heavy atom. The molecule has 0 atom stereocenters. The maximum atomic E-state index is 4.56. The number of hydrogen-bond acceptors (Lipinski definition) is 6. The summed E-state index contributed by atoms with van der Waals surface area (Å²) >= 11 is 0. The lowest BCUT2D eigenvalue weighted by atomic mass is 10.2. The molecule has 5 rings (SSSR count). The first-order valence-corrected chi connectivity index (χ1v) is 9.18. The van der Waals surface area contributed by atoms with Gasteiger partial charge in [-0.05, 0) is 36.4 Å². The molecule has 0 saturated carbocycles. The van der Waals surface area contributed by atoms with E-state index in [9.17, 15) is 0 Å². The molecule has 2 aromatic carbocycles. The molecule has 0 aliphatic rings. The van der Waals surface area contributed by atoms with Crippen LogP contribution in [0.1, 0.15) is 5.82 Å². The van der Waals surface area contributed by atoms with E-state index >= 15 is 0 Å². The highest BCUT2D eigenvalue weighted by molar-refractivity contribution is 5.74. The van der Waals surface area contributed by atoms with Crippen molar-refractivity contribution in [2.45, 2.75) is 6.54 Å². The van der Waals surface area contributed by atoms with E-state index in [0.29, 0.717) is 12.4 Å². The average molecular weight is 382 g/mol. The van der Waals surface area contributed by atoms with Gasteiger partial charge in [0, 0.05) is 29.8 Å². The fraction of sp³-hybridized carbons (Fsp3) is 0.0476. The second kappa shape index (κ2) is 7.43. The van der Waals surface area contributed by atoms with Gasteiger partial charge in [-0.25, -0.2) is 19.9 Å². The fourth-order valence-corrected chi connectivity index (χ4v) is 3.06. The molecular formula is C21H18N8. The lowest BCUT2D eigenvalue weighted by Crippen LogP contribution is -2.04. The van der Waals surface area contributed by atoms with Gasteiger partial charge < -0.3 is 20.2 Å². The monoisotopic (exact) mass is 382 g/mol. The molecule has 3 heterocycles. The molecule has 0 unspecified atom stereocenters. The molecule has 0 bridgehead atoms. The lowest BCUT2D eigenvalue weighted by molar-refractivity contribution is 0.992. The van der Waals surface area contributed by atoms with Crippen LogP contribution in [0.15, 0.2) is 79.6 Å². The molecule has 29 heavy (non-hydrogen) atoms. The maximum absolute atomic E-state index is 4.56. The van der Waals surface area contributed by atoms with Crippen LogP contribution >= 0.6 is 0 Å². The molecular weight excluding hydrogens is 364 g/mol. The van der Waals surface area contributed by atoms with Crippen LogP contribution in [0.3, 0.4) is 0 Å². The van der Waals surface area contributed by atoms with Gasteiger partial charge in [0.05, 0.1) is 23.9 Å². The maximum Gasteiger partial charge on any atom is 0.135 e. The van der Waals surface area contributed by atoms with E-state index in [0.717, 1.165) is 34.1 Å². The zero-order valence-corrected chi connectivity index (χ0v) is 15.4. The van der Waals surface area contributed by atoms with Gasteiger partial charge in [0.1, 0.15) is 23.8 Å². The fourth-order valence-electron chi connectivity index (χ4n) is 3.06. The Kier molecular flexibility index (Phi) is 4.34. The standard InChI is InChI=1S/C21H18N8/c1-2-4-18-17(3-1)27-21(28-18)12-23-19-11-20(25-13-24-19)26-15-5-7-16(8-6-15)29-10-9-22-14-29/h1-11,13-14H,12H2,(H,27,28)(H2,23,24,25,26). The Labute approximate surface area is 166 Å². The summed E-state index contributed by atoms with van der Waals surface area (Å²) < 4.78 is 1.95. The minimum absolute atomic E-state index is 0.546. The third-order valence-corrected chi connectivity index (χ3v) is 4.48. The van der Waals surface area contributed by atoms with Crippen LogP contribution in [-0.2, 0) is 6.54 Å². The van der Waals surface area contributed by atoms with Crippen molar-refractivity contribution in [3.05, 3.63) is 85.5 Å². The van der Waals surface area contributed by atoms with E-state index in [2.05, 4.69) is 35.6 Å². The molecule has 0 aliphatic carbocycles. The van der Waals surface area contributed by atoms with Crippen LogP contribution in [-0.4, -0.2) is 29.5 Å². The summed E-state index contributed by atoms with van der Waals surface area (Å²) in [4.78, 5) is 20.5. The van der Waals surface area contributed by atoms with Crippen molar-refractivity contribution in [2.75, 3.05) is 10.6 Å². The van der Waals surface area contributed by atoms with E-state index in [1.54, 1.807) is 12.5 Å². The van der Waals surface area contributed by atoms with Crippen LogP contribution in [0.2, 0.25) is 0 Å². The Balaban J connectivity index is 1.25. The van der Waals surface area contributed by atoms with Gasteiger partial charge in [-0.15, -0.1) is 0 Å². The molecule has 0 saturated heterocycles. The summed E-state index contributed by atoms with van der Waals surface area (Å²) in [6, 6.07) is 17.9. The highest BCUT2D eigenvalue weighted by Crippen LogP contribution is 2.19. The van der Waals surface area contributed by atoms with Gasteiger partial charge in [0.15, 0.2) is 0 Å². The highest BCUT2D eigenvalue weighted by atomic mass is 15.1. The van der Waals surface area contributed by atoms with Crippen LogP contribution in [0.4, 0.5) is 17.3 Å². The second-order valence-electron chi connectivity index (χ2n) is 6.48. The Bertz CT molecular complexity index is 1190. The zero-order valence-electron chi connectivity index (χ0n) is 15.4. The molecule has 8 heteroatoms. The van der Waals surface area contributed by atoms with Crippen molar-refractivity contribution in [1.82, 2.24) is 29.5 Å². The number of nitrogens with zero attached hydrogens (tertiary/aromatic N) is 5. The largest absolute Gasteiger partial charge is 0.363 e. The SMILES string of the molecule is c1ccc2[nH]c(CNc3cc(Nc4ccc(-n5ccnc5)cc4)ncn3)nc2c1. The molecule has 0 amide bonds. The topological polar surface area (TPSA) is 96.3 Å². The van der Waals surface area contributed by atoms with Gasteiger partial charge >= 0.3 is 0 Å². The number of aromatic nitrogens is 6.